The second-order valence-electron chi connectivity index (χ2n) is 4.58. The van der Waals surface area contributed by atoms with E-state index in [1.165, 1.54) is 31.4 Å². The number of rotatable bonds is 5. The van der Waals surface area contributed by atoms with Crippen molar-refractivity contribution in [1.82, 2.24) is 9.78 Å². The van der Waals surface area contributed by atoms with Crippen LogP contribution in [-0.4, -0.2) is 29.4 Å². The third-order valence-corrected chi connectivity index (χ3v) is 3.57. The first-order valence-electron chi connectivity index (χ1n) is 6.55. The van der Waals surface area contributed by atoms with Gasteiger partial charge in [0.05, 0.1) is 28.9 Å². The summed E-state index contributed by atoms with van der Waals surface area (Å²) in [5, 5.41) is 7.04. The number of halogens is 2. The molecule has 0 fully saturated rings. The molecule has 0 bridgehead atoms. The molecule has 0 aliphatic rings. The van der Waals surface area contributed by atoms with Crippen LogP contribution in [0.2, 0.25) is 10.0 Å². The fourth-order valence-electron chi connectivity index (χ4n) is 1.76. The average molecular weight is 357 g/mol. The van der Waals surface area contributed by atoms with Crippen LogP contribution in [0, 0.1) is 0 Å². The van der Waals surface area contributed by atoms with E-state index >= 15 is 0 Å². The Hall–Kier alpha value is -2.09. The summed E-state index contributed by atoms with van der Waals surface area (Å²) in [6.07, 6.45) is 0. The highest BCUT2D eigenvalue weighted by molar-refractivity contribution is 6.39. The van der Waals surface area contributed by atoms with Crippen molar-refractivity contribution in [3.63, 3.8) is 0 Å². The molecule has 0 aliphatic carbocycles. The molecular weight excluding hydrogens is 343 g/mol. The summed E-state index contributed by atoms with van der Waals surface area (Å²) < 4.78 is 6.05. The maximum atomic E-state index is 12.2. The maximum Gasteiger partial charge on any atom is 0.276 e. The van der Waals surface area contributed by atoms with Gasteiger partial charge in [0.2, 0.25) is 0 Å². The molecule has 3 N–H and O–H groups in total. The Morgan fingerprint density at radius 3 is 2.61 bits per heavy atom. The third kappa shape index (κ3) is 4.22. The van der Waals surface area contributed by atoms with Gasteiger partial charge in [-0.05, 0) is 18.2 Å². The first-order chi connectivity index (χ1) is 10.9. The highest BCUT2D eigenvalue weighted by Crippen LogP contribution is 2.31. The van der Waals surface area contributed by atoms with Crippen molar-refractivity contribution >= 4 is 40.5 Å². The van der Waals surface area contributed by atoms with Crippen LogP contribution in [0.3, 0.4) is 0 Å². The summed E-state index contributed by atoms with van der Waals surface area (Å²) >= 11 is 11.8. The van der Waals surface area contributed by atoms with E-state index in [2.05, 4.69) is 10.4 Å². The first kappa shape index (κ1) is 17.3. The van der Waals surface area contributed by atoms with Gasteiger partial charge >= 0.3 is 0 Å². The van der Waals surface area contributed by atoms with E-state index in [1.807, 2.05) is 0 Å². The van der Waals surface area contributed by atoms with Gasteiger partial charge in [0.15, 0.2) is 0 Å². The monoisotopic (exact) mass is 356 g/mol. The van der Waals surface area contributed by atoms with Gasteiger partial charge < -0.3 is 15.8 Å². The number of nitrogen functional groups attached to an aromatic ring is 1. The van der Waals surface area contributed by atoms with Crippen LogP contribution in [-0.2, 0) is 11.3 Å². The zero-order valence-corrected chi connectivity index (χ0v) is 13.7. The molecule has 0 atom stereocenters. The Balaban J connectivity index is 2.22. The fraction of sp³-hybridized carbons (Fsp3) is 0.214. The minimum atomic E-state index is -0.506. The predicted molar refractivity (Wildman–Crippen MR) is 89.2 cm³/mol. The molecule has 2 rings (SSSR count). The lowest BCUT2D eigenvalue weighted by molar-refractivity contribution is 0.101. The molecule has 0 saturated carbocycles. The summed E-state index contributed by atoms with van der Waals surface area (Å²) in [6, 6.07) is 5.55. The predicted octanol–water partition coefficient (Wildman–Crippen LogP) is 2.03. The molecular formula is C14H14Cl2N4O3. The number of ether oxygens (including phenoxy) is 1. The van der Waals surface area contributed by atoms with Gasteiger partial charge in [-0.3, -0.25) is 9.59 Å². The lowest BCUT2D eigenvalue weighted by atomic mass is 10.2. The van der Waals surface area contributed by atoms with E-state index in [1.54, 1.807) is 0 Å². The summed E-state index contributed by atoms with van der Waals surface area (Å²) in [4.78, 5) is 23.9. The van der Waals surface area contributed by atoms with Crippen molar-refractivity contribution < 1.29 is 9.53 Å². The minimum absolute atomic E-state index is 0.0739. The number of carbonyl (C=O) groups excluding carboxylic acids is 1. The smallest absolute Gasteiger partial charge is 0.276 e. The minimum Gasteiger partial charge on any atom is -0.396 e. The zero-order chi connectivity index (χ0) is 17.0. The fourth-order valence-corrected chi connectivity index (χ4v) is 2.25. The van der Waals surface area contributed by atoms with Gasteiger partial charge in [-0.1, -0.05) is 23.2 Å². The molecule has 23 heavy (non-hydrogen) atoms. The number of anilines is 2. The standard InChI is InChI=1S/C14H14Cl2N4O3/c1-23-5-4-20-12(21)3-2-11(19-20)14(22)18-8-6-9(15)13(17)10(16)7-8/h2-3,6-7H,4-5,17H2,1H3,(H,18,22). The normalized spacial score (nSPS) is 10.6. The number of amides is 1. The van der Waals surface area contributed by atoms with Crippen molar-refractivity contribution in [2.24, 2.45) is 0 Å². The van der Waals surface area contributed by atoms with Gasteiger partial charge in [0.25, 0.3) is 11.5 Å². The van der Waals surface area contributed by atoms with Crippen LogP contribution in [0.5, 0.6) is 0 Å². The summed E-state index contributed by atoms with van der Waals surface area (Å²) in [6.45, 7) is 0.553. The second kappa shape index (κ2) is 7.45. The largest absolute Gasteiger partial charge is 0.396 e. The first-order valence-corrected chi connectivity index (χ1v) is 7.31. The Kier molecular flexibility index (Phi) is 5.59. The second-order valence-corrected chi connectivity index (χ2v) is 5.39. The summed E-state index contributed by atoms with van der Waals surface area (Å²) in [5.41, 5.74) is 5.99. The number of hydrogen-bond acceptors (Lipinski definition) is 5. The van der Waals surface area contributed by atoms with E-state index in [9.17, 15) is 9.59 Å². The number of nitrogens with two attached hydrogens (primary N) is 1. The molecule has 122 valence electrons. The number of aromatic nitrogens is 2. The number of benzene rings is 1. The van der Waals surface area contributed by atoms with E-state index in [0.717, 1.165) is 4.68 Å². The molecule has 0 aliphatic heterocycles. The SMILES string of the molecule is COCCn1nc(C(=O)Nc2cc(Cl)c(N)c(Cl)c2)ccc1=O. The number of nitrogens with zero attached hydrogens (tertiary/aromatic N) is 2. The van der Waals surface area contributed by atoms with Gasteiger partial charge in [0, 0.05) is 18.9 Å². The van der Waals surface area contributed by atoms with Crippen LogP contribution in [0.4, 0.5) is 11.4 Å². The molecule has 9 heteroatoms. The van der Waals surface area contributed by atoms with E-state index in [0.29, 0.717) is 12.3 Å². The molecule has 0 saturated heterocycles. The van der Waals surface area contributed by atoms with Crippen molar-refractivity contribution in [2.45, 2.75) is 6.54 Å². The highest BCUT2D eigenvalue weighted by atomic mass is 35.5. The quantitative estimate of drug-likeness (QED) is 0.798. The summed E-state index contributed by atoms with van der Waals surface area (Å²) in [7, 11) is 1.51. The van der Waals surface area contributed by atoms with E-state index in [4.69, 9.17) is 33.7 Å². The molecule has 0 spiro atoms. The summed E-state index contributed by atoms with van der Waals surface area (Å²) in [5.74, 6) is -0.506. The molecule has 1 aromatic heterocycles. The molecule has 0 radical (unpaired) electrons. The van der Waals surface area contributed by atoms with Crippen LogP contribution in [0.25, 0.3) is 0 Å². The zero-order valence-electron chi connectivity index (χ0n) is 12.2. The molecule has 2 aromatic rings. The van der Waals surface area contributed by atoms with E-state index in [-0.39, 0.29) is 33.5 Å². The van der Waals surface area contributed by atoms with Crippen LogP contribution in [0.15, 0.2) is 29.1 Å². The number of hydrogen-bond donors (Lipinski definition) is 2. The molecule has 0 unspecified atom stereocenters. The van der Waals surface area contributed by atoms with Gasteiger partial charge in [-0.15, -0.1) is 0 Å². The number of carbonyl (C=O) groups is 1. The van der Waals surface area contributed by atoms with Crippen LogP contribution in [0.1, 0.15) is 10.5 Å². The van der Waals surface area contributed by atoms with Crippen LogP contribution >= 0.6 is 23.2 Å². The van der Waals surface area contributed by atoms with Gasteiger partial charge in [0.1, 0.15) is 5.69 Å². The van der Waals surface area contributed by atoms with Crippen molar-refractivity contribution in [3.8, 4) is 0 Å². The Morgan fingerprint density at radius 1 is 1.35 bits per heavy atom. The van der Waals surface area contributed by atoms with E-state index < -0.39 is 5.91 Å². The topological polar surface area (TPSA) is 99.2 Å². The van der Waals surface area contributed by atoms with Crippen molar-refractivity contribution in [2.75, 3.05) is 24.8 Å². The molecule has 7 nitrogen and oxygen atoms in total. The lowest BCUT2D eigenvalue weighted by Crippen LogP contribution is -2.27. The van der Waals surface area contributed by atoms with Crippen LogP contribution < -0.4 is 16.6 Å². The number of nitrogens with one attached hydrogen (secondary N) is 1. The Bertz CT molecular complexity index is 769. The van der Waals surface area contributed by atoms with Crippen molar-refractivity contribution in [3.05, 3.63) is 50.4 Å². The van der Waals surface area contributed by atoms with Gasteiger partial charge in [-0.2, -0.15) is 5.10 Å². The molecule has 1 heterocycles. The average Bonchev–Trinajstić information content (AvgIpc) is 2.51. The molecule has 1 amide bonds. The van der Waals surface area contributed by atoms with Crippen molar-refractivity contribution in [1.29, 1.82) is 0 Å². The van der Waals surface area contributed by atoms with Gasteiger partial charge in [-0.25, -0.2) is 4.68 Å². The third-order valence-electron chi connectivity index (χ3n) is 2.94. The lowest BCUT2D eigenvalue weighted by Gasteiger charge is -2.09. The Morgan fingerprint density at radius 2 is 2.00 bits per heavy atom. The Labute approximate surface area is 141 Å². The number of methoxy groups -OCH3 is 1. The molecule has 1 aromatic carbocycles. The highest BCUT2D eigenvalue weighted by Gasteiger charge is 2.12. The maximum absolute atomic E-state index is 12.2.